The minimum Gasteiger partial charge on any atom is -0.474 e. The number of nitrogens with zero attached hydrogens (tertiary/aromatic N) is 4. The first kappa shape index (κ1) is 15.0. The summed E-state index contributed by atoms with van der Waals surface area (Å²) in [5.74, 6) is 0.595. The van der Waals surface area contributed by atoms with Crippen LogP contribution in [0.15, 0.2) is 42.9 Å². The van der Waals surface area contributed by atoms with Crippen molar-refractivity contribution in [3.8, 4) is 5.88 Å². The molecule has 0 bridgehead atoms. The van der Waals surface area contributed by atoms with Crippen molar-refractivity contribution in [2.24, 2.45) is 0 Å². The van der Waals surface area contributed by atoms with Crippen LogP contribution < -0.4 is 4.74 Å². The van der Waals surface area contributed by atoms with E-state index in [-0.39, 0.29) is 12.0 Å². The Morgan fingerprint density at radius 3 is 2.79 bits per heavy atom. The lowest BCUT2D eigenvalue weighted by Crippen LogP contribution is -2.41. The highest BCUT2D eigenvalue weighted by atomic mass is 32.1. The van der Waals surface area contributed by atoms with Gasteiger partial charge in [-0.1, -0.05) is 12.1 Å². The maximum Gasteiger partial charge on any atom is 0.282 e. The van der Waals surface area contributed by atoms with Crippen molar-refractivity contribution in [3.63, 3.8) is 0 Å². The summed E-state index contributed by atoms with van der Waals surface area (Å²) < 4.78 is 6.88. The van der Waals surface area contributed by atoms with Gasteiger partial charge in [0.15, 0.2) is 5.01 Å². The van der Waals surface area contributed by atoms with Gasteiger partial charge in [0.25, 0.3) is 5.91 Å². The Morgan fingerprint density at radius 1 is 1.21 bits per heavy atom. The van der Waals surface area contributed by atoms with Crippen molar-refractivity contribution in [3.05, 3.63) is 47.9 Å². The van der Waals surface area contributed by atoms with Crippen LogP contribution in [0.4, 0.5) is 0 Å². The number of amides is 1. The van der Waals surface area contributed by atoms with Crippen LogP contribution in [-0.4, -0.2) is 45.0 Å². The number of thiazole rings is 1. The number of ether oxygens (including phenoxy) is 1. The Morgan fingerprint density at radius 2 is 2.04 bits per heavy atom. The zero-order valence-corrected chi connectivity index (χ0v) is 13.8. The monoisotopic (exact) mass is 340 g/mol. The van der Waals surface area contributed by atoms with E-state index in [2.05, 4.69) is 15.0 Å². The molecule has 0 N–H and O–H groups in total. The fourth-order valence-corrected chi connectivity index (χ4v) is 3.73. The zero-order valence-electron chi connectivity index (χ0n) is 13.0. The predicted molar refractivity (Wildman–Crippen MR) is 91.2 cm³/mol. The molecule has 1 aliphatic heterocycles. The Bertz CT molecular complexity index is 811. The number of fused-ring (bicyclic) bond motifs is 1. The average Bonchev–Trinajstić information content (AvgIpc) is 3.07. The molecule has 1 aromatic carbocycles. The van der Waals surface area contributed by atoms with E-state index in [9.17, 15) is 4.79 Å². The standard InChI is InChI=1S/C17H16N4O2S/c22-17(16-20-13-3-1-2-4-14(13)24-16)21-9-6-12(7-10-21)23-15-5-8-18-11-19-15/h1-5,8,11-12H,6-7,9-10H2. The number of hydrogen-bond acceptors (Lipinski definition) is 6. The van der Waals surface area contributed by atoms with Crippen LogP contribution >= 0.6 is 11.3 Å². The summed E-state index contributed by atoms with van der Waals surface area (Å²) in [6, 6.07) is 9.58. The third-order valence-electron chi connectivity index (χ3n) is 4.05. The van der Waals surface area contributed by atoms with Gasteiger partial charge in [-0.15, -0.1) is 11.3 Å². The highest BCUT2D eigenvalue weighted by molar-refractivity contribution is 7.20. The molecule has 0 atom stereocenters. The van der Waals surface area contributed by atoms with Crippen LogP contribution in [0.2, 0.25) is 0 Å². The summed E-state index contributed by atoms with van der Waals surface area (Å²) in [4.78, 5) is 26.9. The Hall–Kier alpha value is -2.54. The quantitative estimate of drug-likeness (QED) is 0.733. The van der Waals surface area contributed by atoms with Crippen molar-refractivity contribution in [2.45, 2.75) is 18.9 Å². The molecule has 0 saturated carbocycles. The van der Waals surface area contributed by atoms with E-state index < -0.39 is 0 Å². The number of rotatable bonds is 3. The smallest absolute Gasteiger partial charge is 0.282 e. The molecular formula is C17H16N4O2S. The first-order chi connectivity index (χ1) is 11.8. The first-order valence-corrected chi connectivity index (χ1v) is 8.69. The largest absolute Gasteiger partial charge is 0.474 e. The molecule has 0 radical (unpaired) electrons. The first-order valence-electron chi connectivity index (χ1n) is 7.87. The van der Waals surface area contributed by atoms with E-state index >= 15 is 0 Å². The highest BCUT2D eigenvalue weighted by Gasteiger charge is 2.26. The van der Waals surface area contributed by atoms with E-state index in [1.807, 2.05) is 29.2 Å². The molecule has 0 spiro atoms. The van der Waals surface area contributed by atoms with Crippen LogP contribution in [0, 0.1) is 0 Å². The Balaban J connectivity index is 1.39. The Labute approximate surface area is 143 Å². The molecule has 0 aliphatic carbocycles. The molecule has 122 valence electrons. The van der Waals surface area contributed by atoms with Crippen LogP contribution in [-0.2, 0) is 0 Å². The summed E-state index contributed by atoms with van der Waals surface area (Å²) in [6.07, 6.45) is 4.80. The second kappa shape index (κ2) is 6.52. The summed E-state index contributed by atoms with van der Waals surface area (Å²) in [5, 5.41) is 0.561. The fourth-order valence-electron chi connectivity index (χ4n) is 2.79. The van der Waals surface area contributed by atoms with Crippen molar-refractivity contribution in [1.82, 2.24) is 19.9 Å². The van der Waals surface area contributed by atoms with Gasteiger partial charge in [0, 0.05) is 38.2 Å². The average molecular weight is 340 g/mol. The molecule has 24 heavy (non-hydrogen) atoms. The van der Waals surface area contributed by atoms with E-state index in [1.165, 1.54) is 17.7 Å². The zero-order chi connectivity index (χ0) is 16.4. The molecule has 6 nitrogen and oxygen atoms in total. The van der Waals surface area contributed by atoms with Gasteiger partial charge in [0.05, 0.1) is 10.2 Å². The summed E-state index contributed by atoms with van der Waals surface area (Å²) >= 11 is 1.45. The van der Waals surface area contributed by atoms with Gasteiger partial charge in [-0.05, 0) is 12.1 Å². The van der Waals surface area contributed by atoms with E-state index in [0.29, 0.717) is 24.0 Å². The van der Waals surface area contributed by atoms with Crippen LogP contribution in [0.3, 0.4) is 0 Å². The van der Waals surface area contributed by atoms with E-state index in [4.69, 9.17) is 4.74 Å². The van der Waals surface area contributed by atoms with E-state index in [1.54, 1.807) is 12.3 Å². The number of para-hydroxylation sites is 1. The topological polar surface area (TPSA) is 68.2 Å². The van der Waals surface area contributed by atoms with Crippen molar-refractivity contribution in [2.75, 3.05) is 13.1 Å². The highest BCUT2D eigenvalue weighted by Crippen LogP contribution is 2.24. The predicted octanol–water partition coefficient (Wildman–Crippen LogP) is 2.77. The summed E-state index contributed by atoms with van der Waals surface area (Å²) in [7, 11) is 0. The van der Waals surface area contributed by atoms with Gasteiger partial charge in [0.1, 0.15) is 12.4 Å². The minimum atomic E-state index is 0.0108. The molecule has 1 saturated heterocycles. The lowest BCUT2D eigenvalue weighted by molar-refractivity contribution is 0.0587. The third-order valence-corrected chi connectivity index (χ3v) is 5.07. The number of benzene rings is 1. The molecule has 3 aromatic rings. The molecule has 1 amide bonds. The number of likely N-dealkylation sites (tertiary alicyclic amines) is 1. The second-order valence-corrected chi connectivity index (χ2v) is 6.67. The van der Waals surface area contributed by atoms with Crippen molar-refractivity contribution >= 4 is 27.5 Å². The van der Waals surface area contributed by atoms with Gasteiger partial charge in [0.2, 0.25) is 5.88 Å². The molecule has 0 unspecified atom stereocenters. The number of piperidine rings is 1. The number of aromatic nitrogens is 3. The summed E-state index contributed by atoms with van der Waals surface area (Å²) in [5.41, 5.74) is 0.882. The lowest BCUT2D eigenvalue weighted by Gasteiger charge is -2.31. The molecule has 1 fully saturated rings. The minimum absolute atomic E-state index is 0.0108. The normalized spacial score (nSPS) is 15.6. The fraction of sp³-hybridized carbons (Fsp3) is 0.294. The Kier molecular flexibility index (Phi) is 4.08. The summed E-state index contributed by atoms with van der Waals surface area (Å²) in [6.45, 7) is 1.34. The van der Waals surface area contributed by atoms with Gasteiger partial charge >= 0.3 is 0 Å². The molecule has 1 aliphatic rings. The SMILES string of the molecule is O=C(c1nc2ccccc2s1)N1CCC(Oc2ccncn2)CC1. The number of carbonyl (C=O) groups is 1. The maximum absolute atomic E-state index is 12.6. The maximum atomic E-state index is 12.6. The number of hydrogen-bond donors (Lipinski definition) is 0. The molecule has 3 heterocycles. The van der Waals surface area contributed by atoms with E-state index in [0.717, 1.165) is 23.1 Å². The van der Waals surface area contributed by atoms with Gasteiger partial charge in [-0.3, -0.25) is 4.79 Å². The molecule has 7 heteroatoms. The lowest BCUT2D eigenvalue weighted by atomic mass is 10.1. The molecular weight excluding hydrogens is 324 g/mol. The molecule has 4 rings (SSSR count). The van der Waals surface area contributed by atoms with Crippen molar-refractivity contribution < 1.29 is 9.53 Å². The second-order valence-electron chi connectivity index (χ2n) is 5.64. The van der Waals surface area contributed by atoms with Crippen molar-refractivity contribution in [1.29, 1.82) is 0 Å². The molecule has 2 aromatic heterocycles. The van der Waals surface area contributed by atoms with Crippen LogP contribution in [0.1, 0.15) is 22.6 Å². The van der Waals surface area contributed by atoms with Gasteiger partial charge in [-0.2, -0.15) is 0 Å². The van der Waals surface area contributed by atoms with Gasteiger partial charge < -0.3 is 9.64 Å². The van der Waals surface area contributed by atoms with Crippen LogP contribution in [0.5, 0.6) is 5.88 Å². The third kappa shape index (κ3) is 3.07. The number of carbonyl (C=O) groups excluding carboxylic acids is 1. The van der Waals surface area contributed by atoms with Gasteiger partial charge in [-0.25, -0.2) is 15.0 Å². The van der Waals surface area contributed by atoms with Crippen LogP contribution in [0.25, 0.3) is 10.2 Å².